The molecule has 9 heteroatoms. The number of anilines is 3. The van der Waals surface area contributed by atoms with E-state index >= 15 is 0 Å². The number of rotatable bonds is 10. The molecule has 0 aliphatic carbocycles. The van der Waals surface area contributed by atoms with Crippen molar-refractivity contribution in [3.63, 3.8) is 0 Å². The molecule has 0 saturated carbocycles. The lowest BCUT2D eigenvalue weighted by molar-refractivity contribution is 0.479. The Morgan fingerprint density at radius 2 is 1.72 bits per heavy atom. The standard InChI is InChI=1S/C34H40N8O/c1-4-23(5-2)30-20-26-21-37-34(39-28-8-6-27(7-9-28)38-29-12-17-36-18-13-29)40-32(26)42(33(30)43)22-25-14-19-41(3)31(25)24-10-15-35-16-11-24/h6-11,14-16,19-21,23,29,36,38H,4-5,12-13,17-18,22H2,1-3H3,(H,37,39,40). The first-order chi connectivity index (χ1) is 21.0. The number of benzene rings is 1. The van der Waals surface area contributed by atoms with Crippen LogP contribution in [0.4, 0.5) is 17.3 Å². The van der Waals surface area contributed by atoms with E-state index in [2.05, 4.69) is 62.5 Å². The fraction of sp³-hybridized carbons (Fsp3) is 0.353. The smallest absolute Gasteiger partial charge is 0.256 e. The van der Waals surface area contributed by atoms with Gasteiger partial charge in [0.25, 0.3) is 5.56 Å². The number of hydrogen-bond acceptors (Lipinski definition) is 7. The molecule has 1 aliphatic rings. The molecule has 5 heterocycles. The molecule has 222 valence electrons. The zero-order valence-electron chi connectivity index (χ0n) is 25.2. The highest BCUT2D eigenvalue weighted by Crippen LogP contribution is 2.28. The molecule has 0 atom stereocenters. The number of hydrogen-bond donors (Lipinski definition) is 3. The van der Waals surface area contributed by atoms with Crippen molar-refractivity contribution in [2.24, 2.45) is 7.05 Å². The molecular weight excluding hydrogens is 536 g/mol. The van der Waals surface area contributed by atoms with Crippen LogP contribution >= 0.6 is 0 Å². The minimum Gasteiger partial charge on any atom is -0.382 e. The number of nitrogens with zero attached hydrogens (tertiary/aromatic N) is 5. The van der Waals surface area contributed by atoms with Gasteiger partial charge in [-0.25, -0.2) is 4.98 Å². The summed E-state index contributed by atoms with van der Waals surface area (Å²) < 4.78 is 3.91. The lowest BCUT2D eigenvalue weighted by Gasteiger charge is -2.24. The van der Waals surface area contributed by atoms with Gasteiger partial charge in [-0.05, 0) is 98.8 Å². The average molecular weight is 577 g/mol. The maximum atomic E-state index is 14.1. The molecule has 0 amide bonds. The van der Waals surface area contributed by atoms with E-state index in [1.165, 1.54) is 0 Å². The van der Waals surface area contributed by atoms with Crippen LogP contribution in [0.2, 0.25) is 0 Å². The van der Waals surface area contributed by atoms with E-state index in [0.29, 0.717) is 24.2 Å². The number of nitrogens with one attached hydrogen (secondary N) is 3. The predicted molar refractivity (Wildman–Crippen MR) is 174 cm³/mol. The molecule has 0 spiro atoms. The van der Waals surface area contributed by atoms with Crippen LogP contribution in [0.3, 0.4) is 0 Å². The van der Waals surface area contributed by atoms with E-state index in [1.807, 2.05) is 54.3 Å². The Kier molecular flexibility index (Phi) is 8.51. The maximum absolute atomic E-state index is 14.1. The summed E-state index contributed by atoms with van der Waals surface area (Å²) in [5, 5.41) is 11.2. The average Bonchev–Trinajstić information content (AvgIpc) is 3.41. The monoisotopic (exact) mass is 576 g/mol. The van der Waals surface area contributed by atoms with Gasteiger partial charge in [-0.3, -0.25) is 14.3 Å². The molecule has 1 saturated heterocycles. The number of fused-ring (bicyclic) bond motifs is 1. The second-order valence-corrected chi connectivity index (χ2v) is 11.4. The lowest BCUT2D eigenvalue weighted by atomic mass is 9.94. The summed E-state index contributed by atoms with van der Waals surface area (Å²) in [5.41, 5.74) is 6.59. The number of piperidine rings is 1. The van der Waals surface area contributed by atoms with Crippen LogP contribution in [0.1, 0.15) is 56.6 Å². The van der Waals surface area contributed by atoms with Gasteiger partial charge in [0.2, 0.25) is 5.95 Å². The van der Waals surface area contributed by atoms with E-state index in [4.69, 9.17) is 4.98 Å². The van der Waals surface area contributed by atoms with Crippen LogP contribution in [0.25, 0.3) is 22.3 Å². The molecule has 5 aromatic rings. The molecule has 43 heavy (non-hydrogen) atoms. The van der Waals surface area contributed by atoms with Crippen molar-refractivity contribution < 1.29 is 0 Å². The highest BCUT2D eigenvalue weighted by Gasteiger charge is 2.20. The normalized spacial score (nSPS) is 14.0. The molecule has 9 nitrogen and oxygen atoms in total. The van der Waals surface area contributed by atoms with E-state index in [9.17, 15) is 4.79 Å². The van der Waals surface area contributed by atoms with Crippen molar-refractivity contribution >= 4 is 28.4 Å². The Bertz CT molecular complexity index is 1730. The van der Waals surface area contributed by atoms with Crippen LogP contribution in [-0.4, -0.2) is 43.2 Å². The molecule has 0 bridgehead atoms. The molecule has 0 radical (unpaired) electrons. The van der Waals surface area contributed by atoms with Gasteiger partial charge < -0.3 is 20.5 Å². The molecule has 1 fully saturated rings. The van der Waals surface area contributed by atoms with Crippen LogP contribution in [0.5, 0.6) is 0 Å². The third-order valence-electron chi connectivity index (χ3n) is 8.57. The van der Waals surface area contributed by atoms with Gasteiger partial charge in [-0.1, -0.05) is 13.8 Å². The van der Waals surface area contributed by atoms with Gasteiger partial charge in [0, 0.05) is 65.8 Å². The SMILES string of the molecule is CCC(CC)c1cc2cnc(Nc3ccc(NC4CCNCC4)cc3)nc2n(Cc2ccn(C)c2-c2ccncc2)c1=O. The van der Waals surface area contributed by atoms with E-state index in [0.717, 1.165) is 77.9 Å². The van der Waals surface area contributed by atoms with Crippen molar-refractivity contribution in [3.8, 4) is 11.3 Å². The third-order valence-corrected chi connectivity index (χ3v) is 8.57. The number of aryl methyl sites for hydroxylation is 1. The third kappa shape index (κ3) is 6.17. The topological polar surface area (TPSA) is 102 Å². The van der Waals surface area contributed by atoms with Crippen molar-refractivity contribution in [3.05, 3.63) is 94.8 Å². The minimum absolute atomic E-state index is 0.00345. The van der Waals surface area contributed by atoms with Crippen LogP contribution in [0, 0.1) is 0 Å². The molecule has 1 aromatic carbocycles. The molecule has 4 aromatic heterocycles. The first kappa shape index (κ1) is 28.6. The summed E-state index contributed by atoms with van der Waals surface area (Å²) in [5.74, 6) is 0.630. The fourth-order valence-corrected chi connectivity index (χ4v) is 6.17. The maximum Gasteiger partial charge on any atom is 0.256 e. The van der Waals surface area contributed by atoms with Crippen LogP contribution in [-0.2, 0) is 13.6 Å². The Morgan fingerprint density at radius 1 is 1.00 bits per heavy atom. The summed E-state index contributed by atoms with van der Waals surface area (Å²) in [6.07, 6.45) is 11.5. The van der Waals surface area contributed by atoms with Crippen LogP contribution in [0.15, 0.2) is 78.1 Å². The summed E-state index contributed by atoms with van der Waals surface area (Å²) >= 11 is 0. The highest BCUT2D eigenvalue weighted by atomic mass is 16.1. The summed E-state index contributed by atoms with van der Waals surface area (Å²) in [6.45, 7) is 6.77. The van der Waals surface area contributed by atoms with Crippen LogP contribution < -0.4 is 21.5 Å². The first-order valence-electron chi connectivity index (χ1n) is 15.3. The fourth-order valence-electron chi connectivity index (χ4n) is 6.17. The largest absolute Gasteiger partial charge is 0.382 e. The van der Waals surface area contributed by atoms with E-state index in [-0.39, 0.29) is 11.5 Å². The second-order valence-electron chi connectivity index (χ2n) is 11.4. The zero-order valence-corrected chi connectivity index (χ0v) is 25.2. The van der Waals surface area contributed by atoms with Crippen molar-refractivity contribution in [2.45, 2.75) is 58.0 Å². The first-order valence-corrected chi connectivity index (χ1v) is 15.3. The van der Waals surface area contributed by atoms with Crippen molar-refractivity contribution in [1.29, 1.82) is 0 Å². The van der Waals surface area contributed by atoms with Gasteiger partial charge in [0.15, 0.2) is 0 Å². The summed E-state index contributed by atoms with van der Waals surface area (Å²) in [4.78, 5) is 27.9. The van der Waals surface area contributed by atoms with Gasteiger partial charge in [-0.2, -0.15) is 4.98 Å². The molecular formula is C34H40N8O. The van der Waals surface area contributed by atoms with Gasteiger partial charge in [-0.15, -0.1) is 0 Å². The van der Waals surface area contributed by atoms with Gasteiger partial charge in [0.05, 0.1) is 12.2 Å². The molecule has 3 N–H and O–H groups in total. The second kappa shape index (κ2) is 12.8. The Morgan fingerprint density at radius 3 is 2.44 bits per heavy atom. The Balaban J connectivity index is 1.35. The Labute approximate surface area is 252 Å². The molecule has 6 rings (SSSR count). The quantitative estimate of drug-likeness (QED) is 0.186. The summed E-state index contributed by atoms with van der Waals surface area (Å²) in [7, 11) is 2.03. The van der Waals surface area contributed by atoms with Gasteiger partial charge >= 0.3 is 0 Å². The predicted octanol–water partition coefficient (Wildman–Crippen LogP) is 6.05. The number of pyridine rings is 2. The van der Waals surface area contributed by atoms with E-state index < -0.39 is 0 Å². The van der Waals surface area contributed by atoms with E-state index in [1.54, 1.807) is 12.4 Å². The van der Waals surface area contributed by atoms with Gasteiger partial charge in [0.1, 0.15) is 5.65 Å². The molecule has 0 unspecified atom stereocenters. The Hall–Kier alpha value is -4.50. The minimum atomic E-state index is 0.00345. The lowest BCUT2D eigenvalue weighted by Crippen LogP contribution is -2.35. The highest BCUT2D eigenvalue weighted by molar-refractivity contribution is 5.77. The zero-order chi connectivity index (χ0) is 29.8. The van der Waals surface area contributed by atoms with Crippen molar-refractivity contribution in [2.75, 3.05) is 23.7 Å². The van der Waals surface area contributed by atoms with Crippen molar-refractivity contribution in [1.82, 2.24) is 29.4 Å². The summed E-state index contributed by atoms with van der Waals surface area (Å²) in [6, 6.07) is 16.8. The number of aromatic nitrogens is 5. The molecule has 1 aliphatic heterocycles.